The Balaban J connectivity index is 2.39. The molecule has 0 atom stereocenters. The van der Waals surface area contributed by atoms with Crippen LogP contribution in [0.5, 0.6) is 0 Å². The third-order valence-electron chi connectivity index (χ3n) is 3.88. The number of hydrogen-bond acceptors (Lipinski definition) is 6. The number of carbonyl (C=O) groups excluding carboxylic acids is 1. The number of nitrogens with zero attached hydrogens (tertiary/aromatic N) is 3. The van der Waals surface area contributed by atoms with Gasteiger partial charge in [0.25, 0.3) is 5.69 Å². The van der Waals surface area contributed by atoms with Gasteiger partial charge in [-0.2, -0.15) is 5.26 Å². The second kappa shape index (κ2) is 5.98. The van der Waals surface area contributed by atoms with E-state index >= 15 is 0 Å². The molecule has 3 rings (SSSR count). The Morgan fingerprint density at radius 3 is 2.60 bits per heavy atom. The van der Waals surface area contributed by atoms with Gasteiger partial charge in [0.2, 0.25) is 0 Å². The van der Waals surface area contributed by atoms with Gasteiger partial charge < -0.3 is 15.0 Å². The number of aromatic nitrogens is 1. The topological polar surface area (TPSA) is 124 Å². The van der Waals surface area contributed by atoms with E-state index in [9.17, 15) is 20.2 Å². The standard InChI is InChI=1S/C17H12N4O4/c1-25-17(22)16-15(19)10(8-18)9-20(16)13-6-2-5-12-11(13)4-3-7-14(12)21(23)24/h2-7,9H,19H2,1H3. The normalized spacial score (nSPS) is 10.4. The quantitative estimate of drug-likeness (QED) is 0.445. The number of methoxy groups -OCH3 is 1. The molecule has 124 valence electrons. The molecule has 0 bridgehead atoms. The summed E-state index contributed by atoms with van der Waals surface area (Å²) in [5, 5.41) is 21.4. The van der Waals surface area contributed by atoms with E-state index in [0.717, 1.165) is 0 Å². The van der Waals surface area contributed by atoms with Crippen LogP contribution in [0, 0.1) is 21.4 Å². The first-order valence-corrected chi connectivity index (χ1v) is 7.15. The smallest absolute Gasteiger partial charge is 0.357 e. The van der Waals surface area contributed by atoms with Crippen LogP contribution in [0.3, 0.4) is 0 Å². The summed E-state index contributed by atoms with van der Waals surface area (Å²) in [4.78, 5) is 22.9. The first-order chi connectivity index (χ1) is 12.0. The van der Waals surface area contributed by atoms with E-state index in [1.54, 1.807) is 30.3 Å². The molecule has 0 saturated carbocycles. The zero-order chi connectivity index (χ0) is 18.1. The Kier molecular flexibility index (Phi) is 3.83. The molecule has 8 nitrogen and oxygen atoms in total. The van der Waals surface area contributed by atoms with Gasteiger partial charge in [-0.15, -0.1) is 0 Å². The van der Waals surface area contributed by atoms with Crippen molar-refractivity contribution in [3.8, 4) is 11.8 Å². The first kappa shape index (κ1) is 16.0. The average molecular weight is 336 g/mol. The predicted molar refractivity (Wildman–Crippen MR) is 90.4 cm³/mol. The van der Waals surface area contributed by atoms with E-state index in [0.29, 0.717) is 16.5 Å². The number of hydrogen-bond donors (Lipinski definition) is 1. The van der Waals surface area contributed by atoms with Gasteiger partial charge >= 0.3 is 5.97 Å². The molecule has 1 aromatic heterocycles. The molecule has 0 fully saturated rings. The van der Waals surface area contributed by atoms with Gasteiger partial charge in [0.15, 0.2) is 5.69 Å². The molecule has 0 aliphatic carbocycles. The van der Waals surface area contributed by atoms with Gasteiger partial charge in [-0.25, -0.2) is 4.79 Å². The number of ether oxygens (including phenoxy) is 1. The molecule has 0 unspecified atom stereocenters. The molecule has 2 N–H and O–H groups in total. The van der Waals surface area contributed by atoms with E-state index in [1.165, 1.54) is 23.9 Å². The second-order valence-corrected chi connectivity index (χ2v) is 5.18. The van der Waals surface area contributed by atoms with Crippen molar-refractivity contribution in [1.82, 2.24) is 4.57 Å². The lowest BCUT2D eigenvalue weighted by molar-refractivity contribution is -0.383. The van der Waals surface area contributed by atoms with Gasteiger partial charge in [0.1, 0.15) is 6.07 Å². The fourth-order valence-electron chi connectivity index (χ4n) is 2.75. The van der Waals surface area contributed by atoms with E-state index in [2.05, 4.69) is 0 Å². The highest BCUT2D eigenvalue weighted by Crippen LogP contribution is 2.32. The van der Waals surface area contributed by atoms with Crippen molar-refractivity contribution >= 4 is 28.1 Å². The second-order valence-electron chi connectivity index (χ2n) is 5.18. The van der Waals surface area contributed by atoms with Crippen molar-refractivity contribution in [3.63, 3.8) is 0 Å². The van der Waals surface area contributed by atoms with Crippen LogP contribution in [0.25, 0.3) is 16.5 Å². The number of nitrogens with two attached hydrogens (primary N) is 1. The molecular formula is C17H12N4O4. The minimum atomic E-state index is -0.707. The Hall–Kier alpha value is -3.86. The fraction of sp³-hybridized carbons (Fsp3) is 0.0588. The van der Waals surface area contributed by atoms with Crippen LogP contribution in [0.2, 0.25) is 0 Å². The van der Waals surface area contributed by atoms with Crippen LogP contribution in [-0.2, 0) is 4.74 Å². The largest absolute Gasteiger partial charge is 0.464 e. The van der Waals surface area contributed by atoms with E-state index in [-0.39, 0.29) is 22.6 Å². The third kappa shape index (κ3) is 2.44. The van der Waals surface area contributed by atoms with Gasteiger partial charge in [-0.1, -0.05) is 18.2 Å². The first-order valence-electron chi connectivity index (χ1n) is 7.15. The predicted octanol–water partition coefficient (Wildman–Crippen LogP) is 2.78. The lowest BCUT2D eigenvalue weighted by Crippen LogP contribution is -2.11. The zero-order valence-corrected chi connectivity index (χ0v) is 13.1. The van der Waals surface area contributed by atoms with Gasteiger partial charge in [-0.05, 0) is 12.1 Å². The summed E-state index contributed by atoms with van der Waals surface area (Å²) in [6.45, 7) is 0. The van der Waals surface area contributed by atoms with Crippen LogP contribution in [0.15, 0.2) is 42.6 Å². The minimum Gasteiger partial charge on any atom is -0.464 e. The van der Waals surface area contributed by atoms with Crippen molar-refractivity contribution in [2.75, 3.05) is 12.8 Å². The number of nitrogen functional groups attached to an aromatic ring is 1. The Bertz CT molecular complexity index is 1060. The highest BCUT2D eigenvalue weighted by molar-refractivity contribution is 6.00. The molecule has 8 heteroatoms. The molecule has 0 aliphatic rings. The maximum Gasteiger partial charge on any atom is 0.357 e. The number of benzene rings is 2. The molecule has 0 spiro atoms. The minimum absolute atomic E-state index is 0.00180. The van der Waals surface area contributed by atoms with Crippen molar-refractivity contribution < 1.29 is 14.5 Å². The lowest BCUT2D eigenvalue weighted by atomic mass is 10.1. The number of nitro benzene ring substituents is 1. The van der Waals surface area contributed by atoms with Crippen molar-refractivity contribution in [1.29, 1.82) is 5.26 Å². The maximum atomic E-state index is 12.1. The summed E-state index contributed by atoms with van der Waals surface area (Å²) in [6.07, 6.45) is 1.41. The van der Waals surface area contributed by atoms with Gasteiger partial charge in [0.05, 0.1) is 34.4 Å². The highest BCUT2D eigenvalue weighted by atomic mass is 16.6. The van der Waals surface area contributed by atoms with Crippen LogP contribution in [0.4, 0.5) is 11.4 Å². The number of anilines is 1. The highest BCUT2D eigenvalue weighted by Gasteiger charge is 2.23. The Morgan fingerprint density at radius 2 is 1.96 bits per heavy atom. The molecule has 3 aromatic rings. The molecular weight excluding hydrogens is 324 g/mol. The maximum absolute atomic E-state index is 12.1. The zero-order valence-electron chi connectivity index (χ0n) is 13.1. The average Bonchev–Trinajstić information content (AvgIpc) is 2.96. The number of nitro groups is 1. The van der Waals surface area contributed by atoms with Crippen LogP contribution in [-0.4, -0.2) is 22.6 Å². The third-order valence-corrected chi connectivity index (χ3v) is 3.88. The Morgan fingerprint density at radius 1 is 1.28 bits per heavy atom. The van der Waals surface area contributed by atoms with Crippen LogP contribution < -0.4 is 5.73 Å². The molecule has 0 aliphatic heterocycles. The number of rotatable bonds is 3. The summed E-state index contributed by atoms with van der Waals surface area (Å²) in [5.41, 5.74) is 6.43. The lowest BCUT2D eigenvalue weighted by Gasteiger charge is -2.11. The van der Waals surface area contributed by atoms with Crippen molar-refractivity contribution in [2.24, 2.45) is 0 Å². The number of nitriles is 1. The molecule has 0 radical (unpaired) electrons. The van der Waals surface area contributed by atoms with Crippen LogP contribution in [0.1, 0.15) is 16.1 Å². The molecule has 25 heavy (non-hydrogen) atoms. The number of fused-ring (bicyclic) bond motifs is 1. The van der Waals surface area contributed by atoms with E-state index in [4.69, 9.17) is 10.5 Å². The van der Waals surface area contributed by atoms with Gasteiger partial charge in [0, 0.05) is 17.6 Å². The SMILES string of the molecule is COC(=O)c1c(N)c(C#N)cn1-c1cccc2c([N+](=O)[O-])cccc12. The van der Waals surface area contributed by atoms with Crippen molar-refractivity contribution in [3.05, 3.63) is 64.0 Å². The van der Waals surface area contributed by atoms with E-state index in [1.807, 2.05) is 6.07 Å². The number of esters is 1. The van der Waals surface area contributed by atoms with Crippen molar-refractivity contribution in [2.45, 2.75) is 0 Å². The van der Waals surface area contributed by atoms with Crippen LogP contribution >= 0.6 is 0 Å². The molecule has 0 amide bonds. The summed E-state index contributed by atoms with van der Waals surface area (Å²) < 4.78 is 6.18. The monoisotopic (exact) mass is 336 g/mol. The Labute approximate surface area is 141 Å². The molecule has 2 aromatic carbocycles. The number of non-ortho nitro benzene ring substituents is 1. The summed E-state index contributed by atoms with van der Waals surface area (Å²) in [7, 11) is 1.21. The summed E-state index contributed by atoms with van der Waals surface area (Å²) in [5.74, 6) is -0.707. The summed E-state index contributed by atoms with van der Waals surface area (Å²) >= 11 is 0. The molecule has 1 heterocycles. The number of carbonyl (C=O) groups is 1. The van der Waals surface area contributed by atoms with E-state index < -0.39 is 10.9 Å². The molecule has 0 saturated heterocycles. The fourth-order valence-corrected chi connectivity index (χ4v) is 2.75. The van der Waals surface area contributed by atoms with Gasteiger partial charge in [-0.3, -0.25) is 10.1 Å². The summed E-state index contributed by atoms with van der Waals surface area (Å²) in [6, 6.07) is 11.5.